The molecule has 0 aromatic carbocycles. The number of alkyl halides is 1. The first kappa shape index (κ1) is 10.3. The van der Waals surface area contributed by atoms with Crippen molar-refractivity contribution in [3.8, 4) is 0 Å². The lowest BCUT2D eigenvalue weighted by molar-refractivity contribution is -0.395. The summed E-state index contributed by atoms with van der Waals surface area (Å²) in [4.78, 5) is 22.7. The summed E-state index contributed by atoms with van der Waals surface area (Å²) >= 11 is 5.37. The third-order valence-corrected chi connectivity index (χ3v) is 1.72. The average Bonchev–Trinajstić information content (AvgIpc) is 2.16. The fraction of sp³-hybridized carbons (Fsp3) is 0.167. The Morgan fingerprint density at radius 3 is 2.43 bits per heavy atom. The molecule has 1 aromatic heterocycles. The Balaban J connectivity index is 3.27. The van der Waals surface area contributed by atoms with Crippen molar-refractivity contribution in [1.29, 1.82) is 0 Å². The Hall–Kier alpha value is -1.76. The van der Waals surface area contributed by atoms with Crippen LogP contribution in [0.5, 0.6) is 0 Å². The second-order valence-electron chi connectivity index (χ2n) is 2.31. The van der Waals surface area contributed by atoms with Crippen LogP contribution in [-0.2, 0) is 5.88 Å². The van der Waals surface area contributed by atoms with E-state index in [0.717, 1.165) is 12.3 Å². The molecule has 0 spiro atoms. The average molecular weight is 218 g/mol. The molecule has 0 aliphatic rings. The zero-order chi connectivity index (χ0) is 10.7. The van der Waals surface area contributed by atoms with Crippen molar-refractivity contribution < 1.29 is 9.85 Å². The van der Waals surface area contributed by atoms with Crippen molar-refractivity contribution in [3.05, 3.63) is 38.2 Å². The van der Waals surface area contributed by atoms with E-state index in [9.17, 15) is 20.2 Å². The lowest BCUT2D eigenvalue weighted by atomic mass is 10.3. The van der Waals surface area contributed by atoms with Gasteiger partial charge in [-0.05, 0) is 0 Å². The van der Waals surface area contributed by atoms with E-state index in [2.05, 4.69) is 4.98 Å². The Morgan fingerprint density at radius 1 is 1.36 bits per heavy atom. The first-order valence-corrected chi connectivity index (χ1v) is 3.93. The van der Waals surface area contributed by atoms with Gasteiger partial charge in [-0.1, -0.05) is 0 Å². The van der Waals surface area contributed by atoms with Gasteiger partial charge in [-0.2, -0.15) is 0 Å². The third-order valence-electron chi connectivity index (χ3n) is 1.47. The van der Waals surface area contributed by atoms with Crippen LogP contribution in [-0.4, -0.2) is 14.8 Å². The van der Waals surface area contributed by atoms with Gasteiger partial charge in [0.1, 0.15) is 11.9 Å². The molecule has 74 valence electrons. The summed E-state index contributed by atoms with van der Waals surface area (Å²) in [6, 6.07) is 0.838. The number of hydrogen-bond acceptors (Lipinski definition) is 5. The van der Waals surface area contributed by atoms with E-state index < -0.39 is 21.2 Å². The number of nitrogens with zero attached hydrogens (tertiary/aromatic N) is 3. The van der Waals surface area contributed by atoms with Crippen LogP contribution in [0, 0.1) is 20.2 Å². The van der Waals surface area contributed by atoms with Gasteiger partial charge in [0.25, 0.3) is 11.4 Å². The van der Waals surface area contributed by atoms with Crippen molar-refractivity contribution in [1.82, 2.24) is 4.98 Å². The molecule has 8 heteroatoms. The fourth-order valence-electron chi connectivity index (χ4n) is 0.832. The zero-order valence-electron chi connectivity index (χ0n) is 6.71. The van der Waals surface area contributed by atoms with Crippen molar-refractivity contribution in [2.75, 3.05) is 0 Å². The molecule has 0 bridgehead atoms. The maximum Gasteiger partial charge on any atom is 0.298 e. The Kier molecular flexibility index (Phi) is 2.92. The Bertz CT molecular complexity index is 395. The minimum atomic E-state index is -0.752. The van der Waals surface area contributed by atoms with Crippen molar-refractivity contribution in [3.63, 3.8) is 0 Å². The molecule has 0 radical (unpaired) electrons. The van der Waals surface area contributed by atoms with E-state index in [1.54, 1.807) is 0 Å². The standard InChI is InChI=1S/C6H4ClN3O4/c7-2-5-6(10(13)14)1-4(3-8-5)9(11)12/h1,3H,2H2. The Labute approximate surface area is 82.6 Å². The summed E-state index contributed by atoms with van der Waals surface area (Å²) in [7, 11) is 0. The van der Waals surface area contributed by atoms with E-state index in [0.29, 0.717) is 0 Å². The minimum absolute atomic E-state index is 0.0160. The van der Waals surface area contributed by atoms with Crippen LogP contribution in [0.25, 0.3) is 0 Å². The highest BCUT2D eigenvalue weighted by molar-refractivity contribution is 6.17. The molecule has 14 heavy (non-hydrogen) atoms. The second-order valence-corrected chi connectivity index (χ2v) is 2.57. The molecule has 0 amide bonds. The van der Waals surface area contributed by atoms with Gasteiger partial charge in [-0.15, -0.1) is 11.6 Å². The molecule has 0 saturated carbocycles. The van der Waals surface area contributed by atoms with Crippen LogP contribution in [0.4, 0.5) is 11.4 Å². The molecule has 0 fully saturated rings. The molecular formula is C6H4ClN3O4. The van der Waals surface area contributed by atoms with E-state index in [1.807, 2.05) is 0 Å². The molecule has 0 N–H and O–H groups in total. The van der Waals surface area contributed by atoms with E-state index >= 15 is 0 Å². The van der Waals surface area contributed by atoms with Crippen molar-refractivity contribution in [2.24, 2.45) is 0 Å². The SMILES string of the molecule is O=[N+]([O-])c1cnc(CCl)c([N+](=O)[O-])c1. The molecule has 0 aliphatic carbocycles. The summed E-state index contributed by atoms with van der Waals surface area (Å²) in [6.07, 6.45) is 0.935. The maximum absolute atomic E-state index is 10.4. The molecular weight excluding hydrogens is 214 g/mol. The number of hydrogen-bond donors (Lipinski definition) is 0. The number of halogens is 1. The minimum Gasteiger partial charge on any atom is -0.258 e. The first-order chi connectivity index (χ1) is 6.56. The van der Waals surface area contributed by atoms with Crippen molar-refractivity contribution in [2.45, 2.75) is 5.88 Å². The maximum atomic E-state index is 10.4. The van der Waals surface area contributed by atoms with E-state index in [-0.39, 0.29) is 11.6 Å². The molecule has 0 saturated heterocycles. The number of nitro groups is 2. The Morgan fingerprint density at radius 2 is 2.00 bits per heavy atom. The molecule has 0 atom stereocenters. The number of rotatable bonds is 3. The second kappa shape index (κ2) is 3.97. The van der Waals surface area contributed by atoms with Gasteiger partial charge in [0, 0.05) is 0 Å². The summed E-state index contributed by atoms with van der Waals surface area (Å²) in [6.45, 7) is 0. The molecule has 0 unspecified atom stereocenters. The van der Waals surface area contributed by atoms with Crippen LogP contribution in [0.15, 0.2) is 12.3 Å². The van der Waals surface area contributed by atoms with E-state index in [1.165, 1.54) is 0 Å². The van der Waals surface area contributed by atoms with Gasteiger partial charge in [-0.3, -0.25) is 20.2 Å². The normalized spacial score (nSPS) is 9.79. The lowest BCUT2D eigenvalue weighted by Gasteiger charge is -1.96. The van der Waals surface area contributed by atoms with Crippen LogP contribution < -0.4 is 0 Å². The number of pyridine rings is 1. The molecule has 7 nitrogen and oxygen atoms in total. The van der Waals surface area contributed by atoms with Crippen molar-refractivity contribution >= 4 is 23.0 Å². The van der Waals surface area contributed by atoms with Gasteiger partial charge < -0.3 is 0 Å². The summed E-state index contributed by atoms with van der Waals surface area (Å²) in [5, 5.41) is 20.7. The smallest absolute Gasteiger partial charge is 0.258 e. The topological polar surface area (TPSA) is 99.2 Å². The predicted molar refractivity (Wildman–Crippen MR) is 47.1 cm³/mol. The van der Waals surface area contributed by atoms with Crippen LogP contribution >= 0.6 is 11.6 Å². The quantitative estimate of drug-likeness (QED) is 0.435. The van der Waals surface area contributed by atoms with Gasteiger partial charge in [0.2, 0.25) is 0 Å². The summed E-state index contributed by atoms with van der Waals surface area (Å²) in [5.74, 6) is -0.158. The predicted octanol–water partition coefficient (Wildman–Crippen LogP) is 1.64. The lowest BCUT2D eigenvalue weighted by Crippen LogP contribution is -1.98. The van der Waals surface area contributed by atoms with Crippen LogP contribution in [0.3, 0.4) is 0 Å². The summed E-state index contributed by atoms with van der Waals surface area (Å²) in [5.41, 5.74) is -0.845. The van der Waals surface area contributed by atoms with Crippen LogP contribution in [0.2, 0.25) is 0 Å². The monoisotopic (exact) mass is 217 g/mol. The number of aromatic nitrogens is 1. The van der Waals surface area contributed by atoms with Crippen LogP contribution in [0.1, 0.15) is 5.69 Å². The molecule has 1 aromatic rings. The van der Waals surface area contributed by atoms with Gasteiger partial charge in [-0.25, -0.2) is 4.98 Å². The first-order valence-electron chi connectivity index (χ1n) is 3.40. The van der Waals surface area contributed by atoms with Gasteiger partial charge in [0.05, 0.1) is 21.8 Å². The molecule has 1 heterocycles. The highest BCUT2D eigenvalue weighted by Crippen LogP contribution is 2.23. The highest BCUT2D eigenvalue weighted by atomic mass is 35.5. The fourth-order valence-corrected chi connectivity index (χ4v) is 1.04. The highest BCUT2D eigenvalue weighted by Gasteiger charge is 2.19. The van der Waals surface area contributed by atoms with Gasteiger partial charge in [0.15, 0.2) is 0 Å². The molecule has 1 rings (SSSR count). The van der Waals surface area contributed by atoms with E-state index in [4.69, 9.17) is 11.6 Å². The zero-order valence-corrected chi connectivity index (χ0v) is 7.47. The molecule has 0 aliphatic heterocycles. The van der Waals surface area contributed by atoms with Gasteiger partial charge >= 0.3 is 0 Å². The third kappa shape index (κ3) is 1.94. The summed E-state index contributed by atoms with van der Waals surface area (Å²) < 4.78 is 0. The largest absolute Gasteiger partial charge is 0.298 e.